The van der Waals surface area contributed by atoms with Crippen LogP contribution in [0.1, 0.15) is 18.2 Å². The minimum Gasteiger partial charge on any atom is -0.459 e. The Labute approximate surface area is 206 Å². The van der Waals surface area contributed by atoms with Crippen LogP contribution in [0.15, 0.2) is 83.3 Å². The lowest BCUT2D eigenvalue weighted by atomic mass is 9.90. The first-order valence-corrected chi connectivity index (χ1v) is 11.5. The van der Waals surface area contributed by atoms with E-state index in [4.69, 9.17) is 16.0 Å². The highest BCUT2D eigenvalue weighted by atomic mass is 35.5. The number of benzene rings is 3. The number of nitrogens with one attached hydrogen (secondary N) is 2. The molecule has 3 aromatic carbocycles. The zero-order chi connectivity index (χ0) is 24.6. The molecule has 1 saturated heterocycles. The molecule has 0 unspecified atom stereocenters. The third kappa shape index (κ3) is 4.38. The fourth-order valence-corrected chi connectivity index (χ4v) is 4.29. The molecular formula is C27H22ClN3O4. The summed E-state index contributed by atoms with van der Waals surface area (Å²) in [5.41, 5.74) is 0.262. The van der Waals surface area contributed by atoms with Crippen LogP contribution in [0.4, 0.5) is 4.79 Å². The van der Waals surface area contributed by atoms with E-state index in [1.165, 1.54) is 0 Å². The van der Waals surface area contributed by atoms with Gasteiger partial charge in [-0.3, -0.25) is 14.5 Å². The van der Waals surface area contributed by atoms with Gasteiger partial charge in [-0.25, -0.2) is 4.79 Å². The van der Waals surface area contributed by atoms with E-state index in [2.05, 4.69) is 10.6 Å². The van der Waals surface area contributed by atoms with Crippen molar-refractivity contribution in [3.63, 3.8) is 0 Å². The van der Waals surface area contributed by atoms with Gasteiger partial charge in [0, 0.05) is 10.6 Å². The third-order valence-corrected chi connectivity index (χ3v) is 6.41. The molecule has 0 saturated carbocycles. The second-order valence-corrected chi connectivity index (χ2v) is 8.99. The molecule has 2 N–H and O–H groups in total. The number of hydrogen-bond acceptors (Lipinski definition) is 4. The molecule has 4 amide bonds. The Morgan fingerprint density at radius 3 is 2.51 bits per heavy atom. The molecule has 1 aromatic heterocycles. The fourth-order valence-electron chi connectivity index (χ4n) is 4.16. The third-order valence-electron chi connectivity index (χ3n) is 6.15. The van der Waals surface area contributed by atoms with Crippen molar-refractivity contribution in [3.05, 3.63) is 95.2 Å². The van der Waals surface area contributed by atoms with E-state index in [1.54, 1.807) is 31.2 Å². The minimum absolute atomic E-state index is 0.123. The fraction of sp³-hybridized carbons (Fsp3) is 0.148. The maximum absolute atomic E-state index is 13.2. The van der Waals surface area contributed by atoms with Crippen LogP contribution in [0.3, 0.4) is 0 Å². The first kappa shape index (κ1) is 22.7. The molecule has 7 nitrogen and oxygen atoms in total. The van der Waals surface area contributed by atoms with Gasteiger partial charge in [-0.1, -0.05) is 48.0 Å². The molecule has 35 heavy (non-hydrogen) atoms. The minimum atomic E-state index is -1.25. The normalized spacial score (nSPS) is 17.6. The molecule has 1 atom stereocenters. The first-order valence-electron chi connectivity index (χ1n) is 11.1. The Balaban J connectivity index is 1.24. The largest absolute Gasteiger partial charge is 0.459 e. The molecule has 176 valence electrons. The zero-order valence-electron chi connectivity index (χ0n) is 18.9. The van der Waals surface area contributed by atoms with Gasteiger partial charge in [-0.2, -0.15) is 0 Å². The second-order valence-electron chi connectivity index (χ2n) is 8.56. The van der Waals surface area contributed by atoms with Crippen molar-refractivity contribution in [3.8, 4) is 11.3 Å². The Kier molecular flexibility index (Phi) is 5.78. The Morgan fingerprint density at radius 1 is 1.00 bits per heavy atom. The number of rotatable bonds is 6. The predicted molar refractivity (Wildman–Crippen MR) is 133 cm³/mol. The number of imide groups is 1. The van der Waals surface area contributed by atoms with Gasteiger partial charge in [0.1, 0.15) is 23.6 Å². The standard InChI is InChI=1S/C27H22ClN3O4/c1-27(20-9-6-17-4-2-3-5-19(17)14-20)25(33)31(26(34)30-27)16-24(32)29-15-22-12-13-23(35-22)18-7-10-21(28)11-8-18/h2-14H,15-16H2,1H3,(H,29,32)(H,30,34)/t27-/m0/s1. The van der Waals surface area contributed by atoms with Crippen LogP contribution in [0, 0.1) is 0 Å². The Bertz CT molecular complexity index is 1450. The summed E-state index contributed by atoms with van der Waals surface area (Å²) >= 11 is 5.92. The highest BCUT2D eigenvalue weighted by Crippen LogP contribution is 2.31. The van der Waals surface area contributed by atoms with Crippen molar-refractivity contribution in [2.45, 2.75) is 19.0 Å². The maximum atomic E-state index is 13.2. The highest BCUT2D eigenvalue weighted by molar-refractivity contribution is 6.30. The molecule has 0 bridgehead atoms. The Hall–Kier alpha value is -4.10. The van der Waals surface area contributed by atoms with Crippen molar-refractivity contribution in [2.24, 2.45) is 0 Å². The van der Waals surface area contributed by atoms with Gasteiger partial charge in [0.15, 0.2) is 0 Å². The number of nitrogens with zero attached hydrogens (tertiary/aromatic N) is 1. The molecule has 2 heterocycles. The summed E-state index contributed by atoms with van der Waals surface area (Å²) in [7, 11) is 0. The predicted octanol–water partition coefficient (Wildman–Crippen LogP) is 4.84. The van der Waals surface area contributed by atoms with Crippen LogP contribution >= 0.6 is 11.6 Å². The number of furan rings is 1. The number of fused-ring (bicyclic) bond motifs is 1. The first-order chi connectivity index (χ1) is 16.8. The number of carbonyl (C=O) groups excluding carboxylic acids is 3. The van der Waals surface area contributed by atoms with Crippen molar-refractivity contribution >= 4 is 40.2 Å². The lowest BCUT2D eigenvalue weighted by Crippen LogP contribution is -2.43. The van der Waals surface area contributed by atoms with Crippen molar-refractivity contribution < 1.29 is 18.8 Å². The molecule has 0 radical (unpaired) electrons. The molecular weight excluding hydrogens is 466 g/mol. The summed E-state index contributed by atoms with van der Waals surface area (Å²) in [6.45, 7) is 1.38. The highest BCUT2D eigenvalue weighted by Gasteiger charge is 2.49. The van der Waals surface area contributed by atoms with E-state index in [1.807, 2.05) is 54.6 Å². The summed E-state index contributed by atoms with van der Waals surface area (Å²) in [4.78, 5) is 39.3. The summed E-state index contributed by atoms with van der Waals surface area (Å²) in [6, 6.07) is 23.6. The summed E-state index contributed by atoms with van der Waals surface area (Å²) in [5, 5.41) is 8.07. The monoisotopic (exact) mass is 487 g/mol. The zero-order valence-corrected chi connectivity index (χ0v) is 19.6. The van der Waals surface area contributed by atoms with E-state index >= 15 is 0 Å². The topological polar surface area (TPSA) is 91.7 Å². The number of amides is 4. The van der Waals surface area contributed by atoms with Gasteiger partial charge in [0.05, 0.1) is 6.54 Å². The van der Waals surface area contributed by atoms with Gasteiger partial charge >= 0.3 is 6.03 Å². The van der Waals surface area contributed by atoms with Crippen molar-refractivity contribution in [1.82, 2.24) is 15.5 Å². The lowest BCUT2D eigenvalue weighted by molar-refractivity contribution is -0.134. The van der Waals surface area contributed by atoms with Crippen molar-refractivity contribution in [1.29, 1.82) is 0 Å². The number of carbonyl (C=O) groups is 3. The average molecular weight is 488 g/mol. The molecule has 1 aliphatic heterocycles. The average Bonchev–Trinajstić information content (AvgIpc) is 3.42. The number of halogens is 1. The number of urea groups is 1. The summed E-state index contributed by atoms with van der Waals surface area (Å²) in [5.74, 6) is 0.240. The smallest absolute Gasteiger partial charge is 0.325 e. The van der Waals surface area contributed by atoms with Crippen LogP contribution in [-0.2, 0) is 21.7 Å². The van der Waals surface area contributed by atoms with Crippen LogP contribution < -0.4 is 10.6 Å². The maximum Gasteiger partial charge on any atom is 0.325 e. The van der Waals surface area contributed by atoms with Crippen LogP contribution in [-0.4, -0.2) is 29.3 Å². The summed E-state index contributed by atoms with van der Waals surface area (Å²) in [6.07, 6.45) is 0. The second kappa shape index (κ2) is 8.92. The molecule has 0 aliphatic carbocycles. The van der Waals surface area contributed by atoms with Crippen LogP contribution in [0.5, 0.6) is 0 Å². The Morgan fingerprint density at radius 2 is 1.74 bits per heavy atom. The van der Waals surface area contributed by atoms with Crippen LogP contribution in [0.2, 0.25) is 5.02 Å². The van der Waals surface area contributed by atoms with Crippen LogP contribution in [0.25, 0.3) is 22.1 Å². The molecule has 8 heteroatoms. The number of hydrogen-bond donors (Lipinski definition) is 2. The molecule has 5 rings (SSSR count). The van der Waals surface area contributed by atoms with Gasteiger partial charge < -0.3 is 15.1 Å². The van der Waals surface area contributed by atoms with E-state index < -0.39 is 29.9 Å². The van der Waals surface area contributed by atoms with E-state index in [0.29, 0.717) is 22.1 Å². The van der Waals surface area contributed by atoms with Gasteiger partial charge in [-0.15, -0.1) is 0 Å². The molecule has 4 aromatic rings. The SMILES string of the molecule is C[C@@]1(c2ccc3ccccc3c2)NC(=O)N(CC(=O)NCc2ccc(-c3ccc(Cl)cc3)o2)C1=O. The molecule has 0 spiro atoms. The van der Waals surface area contributed by atoms with E-state index in [0.717, 1.165) is 21.2 Å². The van der Waals surface area contributed by atoms with Gasteiger partial charge in [-0.05, 0) is 65.7 Å². The molecule has 1 fully saturated rings. The van der Waals surface area contributed by atoms with Gasteiger partial charge in [0.2, 0.25) is 5.91 Å². The summed E-state index contributed by atoms with van der Waals surface area (Å²) < 4.78 is 5.78. The van der Waals surface area contributed by atoms with E-state index in [-0.39, 0.29) is 6.54 Å². The van der Waals surface area contributed by atoms with Crippen molar-refractivity contribution in [2.75, 3.05) is 6.54 Å². The quantitative estimate of drug-likeness (QED) is 0.381. The van der Waals surface area contributed by atoms with Gasteiger partial charge in [0.25, 0.3) is 5.91 Å². The molecule has 1 aliphatic rings. The lowest BCUT2D eigenvalue weighted by Gasteiger charge is -2.22. The van der Waals surface area contributed by atoms with E-state index in [9.17, 15) is 14.4 Å².